The maximum atomic E-state index is 12.6. The molecule has 2 aromatic rings. The summed E-state index contributed by atoms with van der Waals surface area (Å²) in [6.07, 6.45) is 11.7. The van der Waals surface area contributed by atoms with E-state index in [2.05, 4.69) is 11.0 Å². The zero-order valence-corrected chi connectivity index (χ0v) is 14.9. The molecule has 2 aromatic heterocycles. The summed E-state index contributed by atoms with van der Waals surface area (Å²) in [5, 5.41) is 15.7. The van der Waals surface area contributed by atoms with Crippen molar-refractivity contribution in [1.29, 1.82) is 0 Å². The van der Waals surface area contributed by atoms with E-state index in [0.29, 0.717) is 21.9 Å². The minimum absolute atomic E-state index is 0.0965. The zero-order valence-electron chi connectivity index (χ0n) is 13.3. The molecule has 0 N–H and O–H groups in total. The minimum Gasteiger partial charge on any atom is -0.619 e. The monoisotopic (exact) mass is 364 g/mol. The molecule has 0 spiro atoms. The first-order valence-corrected chi connectivity index (χ1v) is 8.93. The van der Waals surface area contributed by atoms with Crippen LogP contribution in [0.1, 0.15) is 6.92 Å². The van der Waals surface area contributed by atoms with Gasteiger partial charge in [-0.15, -0.1) is 6.42 Å². The van der Waals surface area contributed by atoms with Crippen LogP contribution in [0.2, 0.25) is 5.15 Å². The normalized spacial score (nSPS) is 11.8. The van der Waals surface area contributed by atoms with Gasteiger partial charge in [0.15, 0.2) is 11.3 Å². The van der Waals surface area contributed by atoms with Crippen molar-refractivity contribution in [3.05, 3.63) is 41.1 Å². The number of nitrogens with zero attached hydrogens (tertiary/aromatic N) is 4. The van der Waals surface area contributed by atoms with Crippen LogP contribution in [0.15, 0.2) is 30.7 Å². The molecule has 0 aromatic carbocycles. The lowest BCUT2D eigenvalue weighted by molar-refractivity contribution is -0.605. The van der Waals surface area contributed by atoms with Crippen molar-refractivity contribution >= 4 is 35.0 Å². The molecule has 0 saturated carbocycles. The van der Waals surface area contributed by atoms with E-state index < -0.39 is 0 Å². The first-order valence-electron chi connectivity index (χ1n) is 7.16. The van der Waals surface area contributed by atoms with Crippen LogP contribution < -0.4 is 9.63 Å². The Bertz CT molecular complexity index is 772. The Kier molecular flexibility index (Phi) is 6.12. The van der Waals surface area contributed by atoms with Crippen molar-refractivity contribution in [3.8, 4) is 18.0 Å². The summed E-state index contributed by atoms with van der Waals surface area (Å²) in [6.45, 7) is 1.94. The number of amides is 1. The van der Waals surface area contributed by atoms with Crippen LogP contribution in [0.25, 0.3) is 5.69 Å². The average molecular weight is 365 g/mol. The van der Waals surface area contributed by atoms with Crippen molar-refractivity contribution in [2.75, 3.05) is 23.5 Å². The molecule has 24 heavy (non-hydrogen) atoms. The maximum Gasteiger partial charge on any atom is 0.231 e. The van der Waals surface area contributed by atoms with E-state index in [4.69, 9.17) is 18.0 Å². The van der Waals surface area contributed by atoms with Gasteiger partial charge in [0, 0.05) is 17.7 Å². The van der Waals surface area contributed by atoms with Crippen LogP contribution in [0.4, 0.5) is 5.69 Å². The third kappa shape index (κ3) is 4.02. The molecule has 1 unspecified atom stereocenters. The van der Waals surface area contributed by atoms with E-state index in [1.807, 2.05) is 13.2 Å². The standard InChI is InChI=1S/C16H17ClN4O2S/c1-4-7-20(16(22)12(2)11-24-3)14-10-21(18-15(14)17)13-6-5-8-19(23)9-13/h1,5-6,8-10,12H,7,11H2,2-3H3. The Balaban J connectivity index is 2.38. The average Bonchev–Trinajstić information content (AvgIpc) is 2.94. The van der Waals surface area contributed by atoms with Gasteiger partial charge in [0.05, 0.1) is 12.7 Å². The summed E-state index contributed by atoms with van der Waals surface area (Å²) in [4.78, 5) is 14.1. The van der Waals surface area contributed by atoms with Crippen molar-refractivity contribution in [1.82, 2.24) is 9.78 Å². The highest BCUT2D eigenvalue weighted by atomic mass is 35.5. The van der Waals surface area contributed by atoms with E-state index in [1.54, 1.807) is 30.1 Å². The molecule has 0 aliphatic rings. The SMILES string of the molecule is C#CCN(C(=O)C(C)CSC)c1cn(-c2ccc[n+]([O-])c2)nc1Cl. The Morgan fingerprint density at radius 3 is 3.04 bits per heavy atom. The van der Waals surface area contributed by atoms with E-state index in [1.165, 1.54) is 22.0 Å². The number of terminal acetylenes is 1. The number of halogens is 1. The van der Waals surface area contributed by atoms with Crippen LogP contribution in [-0.4, -0.2) is 34.2 Å². The van der Waals surface area contributed by atoms with Gasteiger partial charge in [-0.3, -0.25) is 9.69 Å². The van der Waals surface area contributed by atoms with Gasteiger partial charge in [-0.05, 0) is 12.3 Å². The van der Waals surface area contributed by atoms with Gasteiger partial charge < -0.3 is 5.21 Å². The minimum atomic E-state index is -0.201. The molecule has 0 aliphatic heterocycles. The third-order valence-electron chi connectivity index (χ3n) is 3.32. The van der Waals surface area contributed by atoms with Gasteiger partial charge in [0.25, 0.3) is 0 Å². The number of aromatic nitrogens is 3. The van der Waals surface area contributed by atoms with E-state index in [9.17, 15) is 10.0 Å². The quantitative estimate of drug-likeness (QED) is 0.447. The Morgan fingerprint density at radius 2 is 2.42 bits per heavy atom. The summed E-state index contributed by atoms with van der Waals surface area (Å²) in [5.74, 6) is 2.84. The number of thioether (sulfide) groups is 1. The predicted molar refractivity (Wildman–Crippen MR) is 96.3 cm³/mol. The molecule has 126 valence electrons. The van der Waals surface area contributed by atoms with Gasteiger partial charge in [0.1, 0.15) is 11.4 Å². The highest BCUT2D eigenvalue weighted by Crippen LogP contribution is 2.27. The topological polar surface area (TPSA) is 65.1 Å². The second-order valence-corrected chi connectivity index (χ2v) is 6.43. The van der Waals surface area contributed by atoms with Crippen molar-refractivity contribution in [3.63, 3.8) is 0 Å². The second-order valence-electron chi connectivity index (χ2n) is 5.16. The fourth-order valence-electron chi connectivity index (χ4n) is 2.20. The van der Waals surface area contributed by atoms with Crippen LogP contribution in [0, 0.1) is 23.5 Å². The van der Waals surface area contributed by atoms with E-state index in [-0.39, 0.29) is 23.5 Å². The lowest BCUT2D eigenvalue weighted by Gasteiger charge is -2.22. The Hall–Kier alpha value is -2.17. The van der Waals surface area contributed by atoms with Crippen LogP contribution >= 0.6 is 23.4 Å². The number of anilines is 1. The summed E-state index contributed by atoms with van der Waals surface area (Å²) in [6, 6.07) is 3.31. The molecule has 0 fully saturated rings. The first-order chi connectivity index (χ1) is 11.5. The summed E-state index contributed by atoms with van der Waals surface area (Å²) in [7, 11) is 0. The maximum absolute atomic E-state index is 12.6. The highest BCUT2D eigenvalue weighted by Gasteiger charge is 2.25. The van der Waals surface area contributed by atoms with E-state index in [0.717, 1.165) is 0 Å². The molecule has 6 nitrogen and oxygen atoms in total. The highest BCUT2D eigenvalue weighted by molar-refractivity contribution is 7.98. The molecule has 1 amide bonds. The molecule has 8 heteroatoms. The van der Waals surface area contributed by atoms with Crippen molar-refractivity contribution in [2.24, 2.45) is 5.92 Å². The molecule has 0 saturated heterocycles. The van der Waals surface area contributed by atoms with E-state index >= 15 is 0 Å². The first kappa shape index (κ1) is 18.2. The largest absolute Gasteiger partial charge is 0.619 e. The predicted octanol–water partition coefficient (Wildman–Crippen LogP) is 2.12. The van der Waals surface area contributed by atoms with Gasteiger partial charge in [-0.25, -0.2) is 4.68 Å². The number of hydrogen-bond donors (Lipinski definition) is 0. The van der Waals surface area contributed by atoms with Crippen LogP contribution in [0.3, 0.4) is 0 Å². The molecular formula is C16H17ClN4O2S. The number of carbonyl (C=O) groups excluding carboxylic acids is 1. The number of carbonyl (C=O) groups is 1. The lowest BCUT2D eigenvalue weighted by atomic mass is 10.2. The number of hydrogen-bond acceptors (Lipinski definition) is 4. The molecule has 0 aliphatic carbocycles. The Labute approximate surface area is 150 Å². The lowest BCUT2D eigenvalue weighted by Crippen LogP contribution is -2.36. The molecule has 2 heterocycles. The summed E-state index contributed by atoms with van der Waals surface area (Å²) < 4.78 is 2.11. The zero-order chi connectivity index (χ0) is 17.7. The smallest absolute Gasteiger partial charge is 0.231 e. The summed E-state index contributed by atoms with van der Waals surface area (Å²) >= 11 is 7.79. The van der Waals surface area contributed by atoms with Crippen molar-refractivity contribution < 1.29 is 9.52 Å². The fraction of sp³-hybridized carbons (Fsp3) is 0.312. The van der Waals surface area contributed by atoms with Gasteiger partial charge >= 0.3 is 0 Å². The molecule has 0 radical (unpaired) electrons. The third-order valence-corrected chi connectivity index (χ3v) is 4.42. The fourth-order valence-corrected chi connectivity index (χ4v) is 3.07. The van der Waals surface area contributed by atoms with Gasteiger partial charge in [0.2, 0.25) is 12.1 Å². The van der Waals surface area contributed by atoms with Gasteiger partial charge in [-0.1, -0.05) is 24.4 Å². The molecule has 1 atom stereocenters. The van der Waals surface area contributed by atoms with Crippen LogP contribution in [-0.2, 0) is 4.79 Å². The number of rotatable bonds is 6. The number of pyridine rings is 1. The van der Waals surface area contributed by atoms with Gasteiger partial charge in [-0.2, -0.15) is 21.6 Å². The molecule has 0 bridgehead atoms. The Morgan fingerprint density at radius 1 is 1.67 bits per heavy atom. The summed E-state index contributed by atoms with van der Waals surface area (Å²) in [5.41, 5.74) is 0.958. The van der Waals surface area contributed by atoms with Crippen LogP contribution in [0.5, 0.6) is 0 Å². The van der Waals surface area contributed by atoms with Crippen molar-refractivity contribution in [2.45, 2.75) is 6.92 Å². The second kappa shape index (κ2) is 8.08. The molecular weight excluding hydrogens is 348 g/mol. The molecule has 2 rings (SSSR count).